The van der Waals surface area contributed by atoms with Crippen molar-refractivity contribution < 1.29 is 14.3 Å². The minimum Gasteiger partial charge on any atom is -0.497 e. The molecule has 0 aliphatic carbocycles. The number of benzene rings is 1. The molecule has 0 aliphatic heterocycles. The summed E-state index contributed by atoms with van der Waals surface area (Å²) >= 11 is 0. The van der Waals surface area contributed by atoms with E-state index in [-0.39, 0.29) is 5.96 Å². The van der Waals surface area contributed by atoms with Crippen LogP contribution in [0.4, 0.5) is 0 Å². The molecule has 0 aromatic heterocycles. The van der Waals surface area contributed by atoms with Crippen molar-refractivity contribution in [2.45, 2.75) is 0 Å². The minimum absolute atomic E-state index is 0.0567. The van der Waals surface area contributed by atoms with E-state index in [0.29, 0.717) is 11.5 Å². The number of ether oxygens (including phenoxy) is 2. The largest absolute Gasteiger partial charge is 0.497 e. The second-order valence-corrected chi connectivity index (χ2v) is 3.14. The highest BCUT2D eigenvalue weighted by Crippen LogP contribution is 2.22. The predicted octanol–water partition coefficient (Wildman–Crippen LogP) is 0.503. The molecule has 0 fully saturated rings. The molecule has 18 heavy (non-hydrogen) atoms. The molecule has 0 amide bonds. The molecule has 0 aliphatic rings. The van der Waals surface area contributed by atoms with Gasteiger partial charge in [-0.25, -0.2) is 5.48 Å². The summed E-state index contributed by atoms with van der Waals surface area (Å²) in [4.78, 5) is 4.56. The Morgan fingerprint density at radius 1 is 1.28 bits per heavy atom. The summed E-state index contributed by atoms with van der Waals surface area (Å²) in [6.07, 6.45) is 1.52. The summed E-state index contributed by atoms with van der Waals surface area (Å²) in [7, 11) is 4.58. The zero-order valence-corrected chi connectivity index (χ0v) is 10.5. The molecule has 0 saturated heterocycles. The molecular weight excluding hydrogens is 236 g/mol. The summed E-state index contributed by atoms with van der Waals surface area (Å²) in [6, 6.07) is 5.35. The first-order valence-corrected chi connectivity index (χ1v) is 5.08. The van der Waals surface area contributed by atoms with Gasteiger partial charge in [-0.15, -0.1) is 5.10 Å². The third-order valence-electron chi connectivity index (χ3n) is 2.01. The van der Waals surface area contributed by atoms with Crippen molar-refractivity contribution in [3.63, 3.8) is 0 Å². The average molecular weight is 252 g/mol. The van der Waals surface area contributed by atoms with E-state index >= 15 is 0 Å². The molecule has 1 rings (SSSR count). The summed E-state index contributed by atoms with van der Waals surface area (Å²) in [5.41, 5.74) is 8.51. The molecular formula is C11H16N4O3. The van der Waals surface area contributed by atoms with Crippen LogP contribution in [0.3, 0.4) is 0 Å². The van der Waals surface area contributed by atoms with Crippen molar-refractivity contribution in [2.75, 3.05) is 21.3 Å². The van der Waals surface area contributed by atoms with Gasteiger partial charge in [-0.1, -0.05) is 0 Å². The Morgan fingerprint density at radius 3 is 2.67 bits per heavy atom. The van der Waals surface area contributed by atoms with Gasteiger partial charge in [-0.2, -0.15) is 5.10 Å². The van der Waals surface area contributed by atoms with Crippen molar-refractivity contribution in [1.82, 2.24) is 5.48 Å². The number of guanidine groups is 1. The molecule has 0 heterocycles. The summed E-state index contributed by atoms with van der Waals surface area (Å²) < 4.78 is 10.3. The van der Waals surface area contributed by atoms with Crippen LogP contribution in [0, 0.1) is 0 Å². The SMILES string of the molecule is CONC(N)=NN=Cc1ccc(OC)cc1OC. The Morgan fingerprint density at radius 2 is 2.06 bits per heavy atom. The molecule has 0 unspecified atom stereocenters. The topological polar surface area (TPSA) is 90.5 Å². The maximum Gasteiger partial charge on any atom is 0.237 e. The first-order valence-electron chi connectivity index (χ1n) is 5.08. The first kappa shape index (κ1) is 13.8. The van der Waals surface area contributed by atoms with Crippen LogP contribution < -0.4 is 20.7 Å². The van der Waals surface area contributed by atoms with E-state index in [1.54, 1.807) is 32.4 Å². The van der Waals surface area contributed by atoms with Crippen molar-refractivity contribution >= 4 is 12.2 Å². The van der Waals surface area contributed by atoms with Gasteiger partial charge in [0.25, 0.3) is 0 Å². The predicted molar refractivity (Wildman–Crippen MR) is 68.9 cm³/mol. The fraction of sp³-hybridized carbons (Fsp3) is 0.273. The van der Waals surface area contributed by atoms with Gasteiger partial charge in [0.1, 0.15) is 11.5 Å². The molecule has 1 aromatic rings. The number of nitrogens with zero attached hydrogens (tertiary/aromatic N) is 2. The van der Waals surface area contributed by atoms with Gasteiger partial charge >= 0.3 is 0 Å². The van der Waals surface area contributed by atoms with Gasteiger partial charge in [0.15, 0.2) is 0 Å². The van der Waals surface area contributed by atoms with Crippen LogP contribution in [0.15, 0.2) is 28.4 Å². The van der Waals surface area contributed by atoms with Gasteiger partial charge < -0.3 is 15.2 Å². The number of nitrogens with one attached hydrogen (secondary N) is 1. The number of hydrogen-bond acceptors (Lipinski definition) is 5. The number of rotatable bonds is 5. The Kier molecular flexibility index (Phi) is 5.46. The summed E-state index contributed by atoms with van der Waals surface area (Å²) in [5.74, 6) is 1.39. The van der Waals surface area contributed by atoms with E-state index < -0.39 is 0 Å². The Labute approximate surface area is 105 Å². The van der Waals surface area contributed by atoms with E-state index in [9.17, 15) is 0 Å². The lowest BCUT2D eigenvalue weighted by molar-refractivity contribution is 0.143. The van der Waals surface area contributed by atoms with Crippen LogP contribution in [0.25, 0.3) is 0 Å². The Balaban J connectivity index is 2.84. The van der Waals surface area contributed by atoms with Gasteiger partial charge in [0.2, 0.25) is 5.96 Å². The quantitative estimate of drug-likeness (QED) is 0.452. The van der Waals surface area contributed by atoms with Crippen molar-refractivity contribution in [3.8, 4) is 11.5 Å². The maximum absolute atomic E-state index is 5.41. The van der Waals surface area contributed by atoms with Crippen LogP contribution >= 0.6 is 0 Å². The lowest BCUT2D eigenvalue weighted by Gasteiger charge is -2.06. The van der Waals surface area contributed by atoms with Crippen molar-refractivity contribution in [1.29, 1.82) is 0 Å². The number of hydroxylamine groups is 1. The molecule has 3 N–H and O–H groups in total. The minimum atomic E-state index is 0.0567. The van der Waals surface area contributed by atoms with Crippen LogP contribution in [-0.4, -0.2) is 33.5 Å². The fourth-order valence-electron chi connectivity index (χ4n) is 1.20. The number of methoxy groups -OCH3 is 2. The van der Waals surface area contributed by atoms with Crippen LogP contribution in [-0.2, 0) is 4.84 Å². The van der Waals surface area contributed by atoms with E-state index in [4.69, 9.17) is 15.2 Å². The van der Waals surface area contributed by atoms with Crippen molar-refractivity contribution in [2.24, 2.45) is 15.9 Å². The van der Waals surface area contributed by atoms with Crippen molar-refractivity contribution in [3.05, 3.63) is 23.8 Å². The molecule has 7 heteroatoms. The summed E-state index contributed by atoms with van der Waals surface area (Å²) in [6.45, 7) is 0. The highest BCUT2D eigenvalue weighted by molar-refractivity contribution is 5.85. The third-order valence-corrected chi connectivity index (χ3v) is 2.01. The highest BCUT2D eigenvalue weighted by atomic mass is 16.6. The number of nitrogens with two attached hydrogens (primary N) is 1. The Hall–Kier alpha value is -2.28. The smallest absolute Gasteiger partial charge is 0.237 e. The molecule has 98 valence electrons. The lowest BCUT2D eigenvalue weighted by atomic mass is 10.2. The first-order chi connectivity index (χ1) is 8.71. The number of hydrogen-bond donors (Lipinski definition) is 2. The molecule has 0 radical (unpaired) electrons. The average Bonchev–Trinajstić information content (AvgIpc) is 2.39. The molecule has 0 atom stereocenters. The molecule has 7 nitrogen and oxygen atoms in total. The molecule has 1 aromatic carbocycles. The lowest BCUT2D eigenvalue weighted by Crippen LogP contribution is -2.29. The monoisotopic (exact) mass is 252 g/mol. The highest BCUT2D eigenvalue weighted by Gasteiger charge is 2.02. The second-order valence-electron chi connectivity index (χ2n) is 3.14. The van der Waals surface area contributed by atoms with Crippen LogP contribution in [0.5, 0.6) is 11.5 Å². The zero-order chi connectivity index (χ0) is 13.4. The van der Waals surface area contributed by atoms with E-state index in [0.717, 1.165) is 5.56 Å². The van der Waals surface area contributed by atoms with Gasteiger partial charge in [0, 0.05) is 11.6 Å². The summed E-state index contributed by atoms with van der Waals surface area (Å²) in [5, 5.41) is 7.47. The maximum atomic E-state index is 5.41. The molecule has 0 spiro atoms. The van der Waals surface area contributed by atoms with Crippen LogP contribution in [0.1, 0.15) is 5.56 Å². The Bertz CT molecular complexity index is 446. The second kappa shape index (κ2) is 7.13. The van der Waals surface area contributed by atoms with E-state index in [1.165, 1.54) is 13.3 Å². The fourth-order valence-corrected chi connectivity index (χ4v) is 1.20. The van der Waals surface area contributed by atoms with Gasteiger partial charge in [-0.05, 0) is 12.1 Å². The van der Waals surface area contributed by atoms with Gasteiger partial charge in [-0.3, -0.25) is 4.84 Å². The normalized spacial score (nSPS) is 11.6. The molecule has 0 saturated carbocycles. The molecule has 0 bridgehead atoms. The van der Waals surface area contributed by atoms with E-state index in [2.05, 4.69) is 20.5 Å². The zero-order valence-electron chi connectivity index (χ0n) is 10.5. The van der Waals surface area contributed by atoms with Gasteiger partial charge in [0.05, 0.1) is 27.5 Å². The third kappa shape index (κ3) is 3.95. The standard InChI is InChI=1S/C11H16N4O3/c1-16-9-5-4-8(10(6-9)17-2)7-13-14-11(12)15-18-3/h4-7H,1-3H3,(H3,12,14,15). The van der Waals surface area contributed by atoms with Crippen LogP contribution in [0.2, 0.25) is 0 Å². The van der Waals surface area contributed by atoms with E-state index in [1.807, 2.05) is 0 Å².